The molecule has 1 N–H and O–H groups in total. The topological polar surface area (TPSA) is 80.7 Å². The highest BCUT2D eigenvalue weighted by Gasteiger charge is 2.35. The average Bonchev–Trinajstić information content (AvgIpc) is 2.54. The number of carbonyl (C=O) groups excluding carboxylic acids is 1. The molecule has 1 fully saturated rings. The summed E-state index contributed by atoms with van der Waals surface area (Å²) < 4.78 is 30.4. The van der Waals surface area contributed by atoms with E-state index in [2.05, 4.69) is 0 Å². The molecule has 0 radical (unpaired) electrons. The normalized spacial score (nSPS) is 20.4. The fourth-order valence-corrected chi connectivity index (χ4v) is 4.39. The second-order valence-corrected chi connectivity index (χ2v) is 7.88. The summed E-state index contributed by atoms with van der Waals surface area (Å²) in [7, 11) is -3.50. The number of esters is 1. The lowest BCUT2D eigenvalue weighted by molar-refractivity contribution is -0.153. The van der Waals surface area contributed by atoms with Crippen LogP contribution in [0.2, 0.25) is 0 Å². The van der Waals surface area contributed by atoms with Gasteiger partial charge in [-0.3, -0.25) is 4.79 Å². The van der Waals surface area contributed by atoms with Crippen molar-refractivity contribution in [2.75, 3.05) is 12.4 Å². The smallest absolute Gasteiger partial charge is 0.306 e. The monoisotopic (exact) mass is 338 g/mol. The first-order chi connectivity index (χ1) is 11.0. The lowest BCUT2D eigenvalue weighted by Gasteiger charge is -2.28. The van der Waals surface area contributed by atoms with Gasteiger partial charge in [0.15, 0.2) is 9.84 Å². The van der Waals surface area contributed by atoms with Crippen molar-refractivity contribution in [2.24, 2.45) is 0 Å². The molecule has 5 nitrogen and oxygen atoms in total. The summed E-state index contributed by atoms with van der Waals surface area (Å²) in [6.45, 7) is -0.182. The molecule has 23 heavy (non-hydrogen) atoms. The first kappa shape index (κ1) is 17.7. The summed E-state index contributed by atoms with van der Waals surface area (Å²) in [4.78, 5) is 11.5. The van der Waals surface area contributed by atoms with Crippen LogP contribution in [-0.4, -0.2) is 43.2 Å². The molecule has 6 heteroatoms. The zero-order valence-electron chi connectivity index (χ0n) is 12.9. The van der Waals surface area contributed by atoms with Crippen molar-refractivity contribution < 1.29 is 23.1 Å². The zero-order chi connectivity index (χ0) is 16.7. The SMILES string of the molecule is O=C1CCCC(C(C=Cc2ccccc2)S(=O)(=O)CCCO)O1. The summed E-state index contributed by atoms with van der Waals surface area (Å²) in [6, 6.07) is 9.38. The van der Waals surface area contributed by atoms with Gasteiger partial charge in [0, 0.05) is 13.0 Å². The molecule has 1 saturated heterocycles. The number of rotatable bonds is 7. The first-order valence-electron chi connectivity index (χ1n) is 7.78. The molecule has 1 aromatic carbocycles. The average molecular weight is 338 g/mol. The minimum Gasteiger partial charge on any atom is -0.461 e. The maximum absolute atomic E-state index is 12.6. The van der Waals surface area contributed by atoms with Crippen LogP contribution in [0.15, 0.2) is 36.4 Å². The number of carbonyl (C=O) groups is 1. The highest BCUT2D eigenvalue weighted by Crippen LogP contribution is 2.24. The van der Waals surface area contributed by atoms with E-state index in [-0.39, 0.29) is 24.7 Å². The third-order valence-corrected chi connectivity index (χ3v) is 5.95. The van der Waals surface area contributed by atoms with Crippen LogP contribution < -0.4 is 0 Å². The second kappa shape index (κ2) is 8.26. The van der Waals surface area contributed by atoms with E-state index >= 15 is 0 Å². The Morgan fingerprint density at radius 3 is 2.70 bits per heavy atom. The van der Waals surface area contributed by atoms with E-state index in [0.717, 1.165) is 5.56 Å². The number of ether oxygens (including phenoxy) is 1. The quantitative estimate of drug-likeness (QED) is 0.769. The largest absolute Gasteiger partial charge is 0.461 e. The number of sulfone groups is 1. The molecular weight excluding hydrogens is 316 g/mol. The van der Waals surface area contributed by atoms with Crippen LogP contribution in [0.4, 0.5) is 0 Å². The van der Waals surface area contributed by atoms with Crippen molar-refractivity contribution >= 4 is 21.9 Å². The van der Waals surface area contributed by atoms with Crippen LogP contribution in [0.1, 0.15) is 31.2 Å². The molecule has 126 valence electrons. The van der Waals surface area contributed by atoms with E-state index in [4.69, 9.17) is 9.84 Å². The van der Waals surface area contributed by atoms with E-state index in [0.29, 0.717) is 19.3 Å². The van der Waals surface area contributed by atoms with E-state index in [1.807, 2.05) is 30.3 Å². The molecule has 1 aliphatic rings. The molecule has 1 aliphatic heterocycles. The van der Waals surface area contributed by atoms with Crippen LogP contribution in [0.5, 0.6) is 0 Å². The van der Waals surface area contributed by atoms with Crippen molar-refractivity contribution in [3.63, 3.8) is 0 Å². The van der Waals surface area contributed by atoms with Gasteiger partial charge in [-0.05, 0) is 24.8 Å². The van der Waals surface area contributed by atoms with Crippen LogP contribution >= 0.6 is 0 Å². The molecule has 0 spiro atoms. The number of hydrogen-bond acceptors (Lipinski definition) is 5. The Labute approximate surface area is 136 Å². The van der Waals surface area contributed by atoms with Crippen LogP contribution in [0.25, 0.3) is 6.08 Å². The van der Waals surface area contributed by atoms with Gasteiger partial charge in [-0.2, -0.15) is 0 Å². The fraction of sp³-hybridized carbons (Fsp3) is 0.471. The molecule has 1 aromatic rings. The van der Waals surface area contributed by atoms with Crippen LogP contribution in [0.3, 0.4) is 0 Å². The molecule has 0 amide bonds. The number of aliphatic hydroxyl groups excluding tert-OH is 1. The molecular formula is C17H22O5S. The van der Waals surface area contributed by atoms with Gasteiger partial charge in [0.2, 0.25) is 0 Å². The Bertz CT molecular complexity index is 636. The van der Waals surface area contributed by atoms with E-state index in [1.165, 1.54) is 0 Å². The van der Waals surface area contributed by atoms with Gasteiger partial charge >= 0.3 is 5.97 Å². The molecule has 2 rings (SSSR count). The highest BCUT2D eigenvalue weighted by atomic mass is 32.2. The van der Waals surface area contributed by atoms with Gasteiger partial charge in [0.05, 0.1) is 5.75 Å². The van der Waals surface area contributed by atoms with Gasteiger partial charge < -0.3 is 9.84 Å². The summed E-state index contributed by atoms with van der Waals surface area (Å²) in [5.41, 5.74) is 0.886. The van der Waals surface area contributed by atoms with Gasteiger partial charge in [-0.15, -0.1) is 0 Å². The van der Waals surface area contributed by atoms with E-state index in [1.54, 1.807) is 12.2 Å². The second-order valence-electron chi connectivity index (χ2n) is 5.60. The molecule has 2 atom stereocenters. The maximum atomic E-state index is 12.6. The molecule has 0 aliphatic carbocycles. The number of aliphatic hydroxyl groups is 1. The maximum Gasteiger partial charge on any atom is 0.306 e. The lowest BCUT2D eigenvalue weighted by atomic mass is 10.0. The van der Waals surface area contributed by atoms with Gasteiger partial charge in [0.1, 0.15) is 11.4 Å². The zero-order valence-corrected chi connectivity index (χ0v) is 13.7. The van der Waals surface area contributed by atoms with Crippen molar-refractivity contribution in [3.05, 3.63) is 42.0 Å². The van der Waals surface area contributed by atoms with Gasteiger partial charge in [-0.1, -0.05) is 42.5 Å². The summed E-state index contributed by atoms with van der Waals surface area (Å²) in [5, 5.41) is 8.03. The highest BCUT2D eigenvalue weighted by molar-refractivity contribution is 7.92. The molecule has 2 unspecified atom stereocenters. The first-order valence-corrected chi connectivity index (χ1v) is 9.49. The Morgan fingerprint density at radius 2 is 2.04 bits per heavy atom. The lowest BCUT2D eigenvalue weighted by Crippen LogP contribution is -2.39. The third-order valence-electron chi connectivity index (χ3n) is 3.80. The van der Waals surface area contributed by atoms with Crippen molar-refractivity contribution in [3.8, 4) is 0 Å². The molecule has 1 heterocycles. The number of benzene rings is 1. The molecule has 0 aromatic heterocycles. The Kier molecular flexibility index (Phi) is 6.36. The van der Waals surface area contributed by atoms with Crippen molar-refractivity contribution in [1.82, 2.24) is 0 Å². The van der Waals surface area contributed by atoms with Crippen molar-refractivity contribution in [2.45, 2.75) is 37.0 Å². The number of hydrogen-bond donors (Lipinski definition) is 1. The Morgan fingerprint density at radius 1 is 1.30 bits per heavy atom. The minimum atomic E-state index is -3.50. The summed E-state index contributed by atoms with van der Waals surface area (Å²) in [5.74, 6) is -0.474. The van der Waals surface area contributed by atoms with E-state index < -0.39 is 21.2 Å². The fourth-order valence-electron chi connectivity index (χ4n) is 2.61. The molecule has 0 saturated carbocycles. The van der Waals surface area contributed by atoms with Crippen LogP contribution in [-0.2, 0) is 19.4 Å². The predicted octanol–water partition coefficient (Wildman–Crippen LogP) is 1.96. The predicted molar refractivity (Wildman–Crippen MR) is 88.5 cm³/mol. The number of cyclic esters (lactones) is 1. The van der Waals surface area contributed by atoms with Gasteiger partial charge in [-0.25, -0.2) is 8.42 Å². The Hall–Kier alpha value is -1.66. The Balaban J connectivity index is 2.23. The third kappa shape index (κ3) is 5.18. The van der Waals surface area contributed by atoms with E-state index in [9.17, 15) is 13.2 Å². The molecule has 0 bridgehead atoms. The standard InChI is InChI=1S/C17H22O5S/c18-12-5-13-23(20,21)16(15-8-4-9-17(19)22-15)11-10-14-6-2-1-3-7-14/h1-3,6-7,10-11,15-16,18H,4-5,8-9,12-13H2. The minimum absolute atomic E-state index is 0.124. The van der Waals surface area contributed by atoms with Gasteiger partial charge in [0.25, 0.3) is 0 Å². The van der Waals surface area contributed by atoms with Crippen LogP contribution in [0, 0.1) is 0 Å². The summed E-state index contributed by atoms with van der Waals surface area (Å²) >= 11 is 0. The summed E-state index contributed by atoms with van der Waals surface area (Å²) in [6.07, 6.45) is 4.37. The van der Waals surface area contributed by atoms with Crippen molar-refractivity contribution in [1.29, 1.82) is 0 Å².